The molecule has 3 aromatic rings. The number of benzene rings is 3. The van der Waals surface area contributed by atoms with Crippen molar-refractivity contribution in [3.8, 4) is 17.2 Å². The van der Waals surface area contributed by atoms with Gasteiger partial charge in [0.05, 0.1) is 6.61 Å². The lowest BCUT2D eigenvalue weighted by molar-refractivity contribution is 0.0626. The molecule has 0 bridgehead atoms. The minimum atomic E-state index is -0.710. The summed E-state index contributed by atoms with van der Waals surface area (Å²) in [6, 6.07) is 25.7. The Morgan fingerprint density at radius 2 is 1.25 bits per heavy atom. The summed E-state index contributed by atoms with van der Waals surface area (Å²) in [5.74, 6) is 2.31. The van der Waals surface area contributed by atoms with Gasteiger partial charge in [0.1, 0.15) is 49.3 Å². The molecule has 0 amide bonds. The van der Waals surface area contributed by atoms with Gasteiger partial charge in [-0.1, -0.05) is 56.3 Å². The Bertz CT molecular complexity index is 963. The van der Waals surface area contributed by atoms with Gasteiger partial charge in [-0.25, -0.2) is 0 Å². The monoisotopic (exact) mass is 434 g/mol. The van der Waals surface area contributed by atoms with Gasteiger partial charge in [0.15, 0.2) is 0 Å². The molecule has 0 saturated carbocycles. The lowest BCUT2D eigenvalue weighted by Crippen LogP contribution is -2.25. The van der Waals surface area contributed by atoms with Gasteiger partial charge in [0.25, 0.3) is 0 Å². The molecule has 0 aromatic heterocycles. The van der Waals surface area contributed by atoms with E-state index in [4.69, 9.17) is 18.9 Å². The van der Waals surface area contributed by atoms with Crippen LogP contribution < -0.4 is 14.2 Å². The number of epoxide rings is 1. The average Bonchev–Trinajstić information content (AvgIpc) is 3.66. The van der Waals surface area contributed by atoms with E-state index in [9.17, 15) is 5.11 Å². The first kappa shape index (κ1) is 22.2. The highest BCUT2D eigenvalue weighted by molar-refractivity contribution is 5.41. The van der Waals surface area contributed by atoms with E-state index >= 15 is 0 Å². The SMILES string of the molecule is CC(C)(c1ccc(OCC(O)COc2ccccc2)cc1)c1ccc(OCC2CO2)cc1. The fourth-order valence-corrected chi connectivity index (χ4v) is 3.41. The van der Waals surface area contributed by atoms with Crippen molar-refractivity contribution in [2.45, 2.75) is 31.5 Å². The van der Waals surface area contributed by atoms with E-state index in [2.05, 4.69) is 38.1 Å². The van der Waals surface area contributed by atoms with Gasteiger partial charge >= 0.3 is 0 Å². The van der Waals surface area contributed by atoms with Crippen LogP contribution in [0.1, 0.15) is 25.0 Å². The molecule has 0 radical (unpaired) electrons. The standard InChI is InChI=1S/C27H30O5/c1-27(2,21-10-14-25(15-11-21)31-18-26-19-32-26)20-8-12-24(13-9-20)30-17-22(28)16-29-23-6-4-3-5-7-23/h3-15,22,26,28H,16-19H2,1-2H3. The third-order valence-corrected chi connectivity index (χ3v) is 5.62. The zero-order valence-corrected chi connectivity index (χ0v) is 18.6. The van der Waals surface area contributed by atoms with Crippen LogP contribution in [0.25, 0.3) is 0 Å². The van der Waals surface area contributed by atoms with Gasteiger partial charge in [0, 0.05) is 5.41 Å². The summed E-state index contributed by atoms with van der Waals surface area (Å²) < 4.78 is 22.2. The zero-order chi connectivity index (χ0) is 22.4. The van der Waals surface area contributed by atoms with Gasteiger partial charge in [-0.15, -0.1) is 0 Å². The van der Waals surface area contributed by atoms with E-state index < -0.39 is 6.10 Å². The number of aliphatic hydroxyl groups excluding tert-OH is 1. The Labute approximate surface area is 189 Å². The summed E-state index contributed by atoms with van der Waals surface area (Å²) in [6.45, 7) is 6.15. The van der Waals surface area contributed by atoms with Crippen molar-refractivity contribution in [2.75, 3.05) is 26.4 Å². The van der Waals surface area contributed by atoms with Crippen LogP contribution in [0.4, 0.5) is 0 Å². The third-order valence-electron chi connectivity index (χ3n) is 5.62. The zero-order valence-electron chi connectivity index (χ0n) is 18.6. The van der Waals surface area contributed by atoms with Crippen molar-refractivity contribution in [2.24, 2.45) is 0 Å². The first-order chi connectivity index (χ1) is 15.5. The molecule has 168 valence electrons. The minimum absolute atomic E-state index is 0.167. The van der Waals surface area contributed by atoms with Crippen molar-refractivity contribution in [3.63, 3.8) is 0 Å². The van der Waals surface area contributed by atoms with Crippen LogP contribution in [-0.2, 0) is 10.2 Å². The van der Waals surface area contributed by atoms with E-state index in [1.165, 1.54) is 11.1 Å². The van der Waals surface area contributed by atoms with Crippen molar-refractivity contribution in [1.29, 1.82) is 0 Å². The van der Waals surface area contributed by atoms with Crippen molar-refractivity contribution in [3.05, 3.63) is 90.0 Å². The van der Waals surface area contributed by atoms with E-state index in [0.717, 1.165) is 18.1 Å². The molecule has 3 aromatic carbocycles. The predicted octanol–water partition coefficient (Wildman–Crippen LogP) is 4.61. The highest BCUT2D eigenvalue weighted by atomic mass is 16.6. The van der Waals surface area contributed by atoms with E-state index in [0.29, 0.717) is 12.4 Å². The van der Waals surface area contributed by atoms with Gasteiger partial charge < -0.3 is 24.1 Å². The molecule has 0 aliphatic carbocycles. The maximum absolute atomic E-state index is 10.1. The summed E-state index contributed by atoms with van der Waals surface area (Å²) in [5.41, 5.74) is 2.22. The first-order valence-electron chi connectivity index (χ1n) is 10.9. The Morgan fingerprint density at radius 1 is 0.781 bits per heavy atom. The Kier molecular flexibility index (Phi) is 6.98. The van der Waals surface area contributed by atoms with Crippen LogP contribution in [0.5, 0.6) is 17.2 Å². The van der Waals surface area contributed by atoms with Crippen molar-refractivity contribution >= 4 is 0 Å². The molecule has 2 atom stereocenters. The van der Waals surface area contributed by atoms with Gasteiger partial charge in [0.2, 0.25) is 0 Å². The van der Waals surface area contributed by atoms with E-state index in [1.807, 2.05) is 54.6 Å². The second kappa shape index (κ2) is 10.1. The molecule has 1 aliphatic heterocycles. The maximum Gasteiger partial charge on any atom is 0.122 e. The molecule has 5 heteroatoms. The quantitative estimate of drug-likeness (QED) is 0.447. The molecule has 5 nitrogen and oxygen atoms in total. The third kappa shape index (κ3) is 6.02. The molecule has 1 N–H and O–H groups in total. The lowest BCUT2D eigenvalue weighted by atomic mass is 9.78. The van der Waals surface area contributed by atoms with E-state index in [-0.39, 0.29) is 24.7 Å². The maximum atomic E-state index is 10.1. The number of aliphatic hydroxyl groups is 1. The highest BCUT2D eigenvalue weighted by Gasteiger charge is 2.25. The largest absolute Gasteiger partial charge is 0.491 e. The Hall–Kier alpha value is -3.02. The molecule has 1 fully saturated rings. The summed E-state index contributed by atoms with van der Waals surface area (Å²) >= 11 is 0. The van der Waals surface area contributed by atoms with E-state index in [1.54, 1.807) is 0 Å². The molecular weight excluding hydrogens is 404 g/mol. The van der Waals surface area contributed by atoms with Gasteiger partial charge in [-0.05, 0) is 47.5 Å². The van der Waals surface area contributed by atoms with Crippen LogP contribution >= 0.6 is 0 Å². The molecule has 4 rings (SSSR count). The average molecular weight is 435 g/mol. The van der Waals surface area contributed by atoms with Gasteiger partial charge in [-0.3, -0.25) is 0 Å². The molecule has 0 spiro atoms. The fraction of sp³-hybridized carbons (Fsp3) is 0.333. The molecule has 1 heterocycles. The van der Waals surface area contributed by atoms with Crippen LogP contribution in [0.15, 0.2) is 78.9 Å². The first-order valence-corrected chi connectivity index (χ1v) is 10.9. The highest BCUT2D eigenvalue weighted by Crippen LogP contribution is 2.33. The van der Waals surface area contributed by atoms with Crippen molar-refractivity contribution < 1.29 is 24.1 Å². The molecular formula is C27H30O5. The number of hydrogen-bond donors (Lipinski definition) is 1. The van der Waals surface area contributed by atoms with Crippen LogP contribution in [-0.4, -0.2) is 43.7 Å². The van der Waals surface area contributed by atoms with Crippen LogP contribution in [0.3, 0.4) is 0 Å². The molecule has 1 saturated heterocycles. The minimum Gasteiger partial charge on any atom is -0.491 e. The van der Waals surface area contributed by atoms with Crippen LogP contribution in [0, 0.1) is 0 Å². The topological polar surface area (TPSA) is 60.5 Å². The second-order valence-corrected chi connectivity index (χ2v) is 8.53. The molecule has 2 unspecified atom stereocenters. The summed E-state index contributed by atoms with van der Waals surface area (Å²) in [4.78, 5) is 0. The molecule has 1 aliphatic rings. The summed E-state index contributed by atoms with van der Waals surface area (Å²) in [5, 5.41) is 10.1. The summed E-state index contributed by atoms with van der Waals surface area (Å²) in [6.07, 6.45) is -0.456. The summed E-state index contributed by atoms with van der Waals surface area (Å²) in [7, 11) is 0. The smallest absolute Gasteiger partial charge is 0.122 e. The molecule has 32 heavy (non-hydrogen) atoms. The fourth-order valence-electron chi connectivity index (χ4n) is 3.41. The van der Waals surface area contributed by atoms with Crippen LogP contribution in [0.2, 0.25) is 0 Å². The number of rotatable bonds is 11. The number of hydrogen-bond acceptors (Lipinski definition) is 5. The second-order valence-electron chi connectivity index (χ2n) is 8.53. The van der Waals surface area contributed by atoms with Gasteiger partial charge in [-0.2, -0.15) is 0 Å². The Morgan fingerprint density at radius 3 is 1.75 bits per heavy atom. The lowest BCUT2D eigenvalue weighted by Gasteiger charge is -2.26. The predicted molar refractivity (Wildman–Crippen MR) is 124 cm³/mol. The normalized spacial score (nSPS) is 16.3. The Balaban J connectivity index is 1.28. The number of ether oxygens (including phenoxy) is 4. The van der Waals surface area contributed by atoms with Crippen molar-refractivity contribution in [1.82, 2.24) is 0 Å². The number of para-hydroxylation sites is 1.